The molecule has 24 heavy (non-hydrogen) atoms. The van der Waals surface area contributed by atoms with Crippen molar-refractivity contribution in [3.05, 3.63) is 76.1 Å². The second-order valence-corrected chi connectivity index (χ2v) is 6.48. The van der Waals surface area contributed by atoms with Gasteiger partial charge < -0.3 is 9.15 Å². The number of para-hydroxylation sites is 2. The monoisotopic (exact) mass is 434 g/mol. The number of furan rings is 1. The van der Waals surface area contributed by atoms with Crippen LogP contribution in [0.5, 0.6) is 5.75 Å². The third-order valence-electron chi connectivity index (χ3n) is 3.49. The predicted molar refractivity (Wildman–Crippen MR) is 110 cm³/mol. The third kappa shape index (κ3) is 5.41. The van der Waals surface area contributed by atoms with Crippen LogP contribution in [0, 0.1) is 3.57 Å². The molecule has 3 aromatic rings. The summed E-state index contributed by atoms with van der Waals surface area (Å²) in [6.07, 6.45) is 8.12. The highest BCUT2D eigenvalue weighted by atomic mass is 127. The SMILES string of the molecule is CC=CCOc1ccccc1I.CCCc1coc2ccccc12. The first-order chi connectivity index (χ1) is 11.8. The molecule has 0 N–H and O–H groups in total. The van der Waals surface area contributed by atoms with E-state index in [1.165, 1.54) is 17.4 Å². The van der Waals surface area contributed by atoms with Crippen molar-refractivity contribution in [3.8, 4) is 5.75 Å². The molecule has 2 nitrogen and oxygen atoms in total. The van der Waals surface area contributed by atoms with E-state index in [1.807, 2.05) is 61.7 Å². The molecule has 126 valence electrons. The van der Waals surface area contributed by atoms with Crippen molar-refractivity contribution < 1.29 is 9.15 Å². The molecular formula is C21H23IO2. The van der Waals surface area contributed by atoms with Gasteiger partial charge in [-0.25, -0.2) is 0 Å². The van der Waals surface area contributed by atoms with Crippen LogP contribution in [-0.4, -0.2) is 6.61 Å². The topological polar surface area (TPSA) is 22.4 Å². The number of rotatable bonds is 5. The van der Waals surface area contributed by atoms with Gasteiger partial charge in [0.15, 0.2) is 0 Å². The van der Waals surface area contributed by atoms with Gasteiger partial charge in [-0.3, -0.25) is 0 Å². The molecule has 3 heteroatoms. The Morgan fingerprint density at radius 1 is 1.08 bits per heavy atom. The van der Waals surface area contributed by atoms with E-state index in [0.29, 0.717) is 6.61 Å². The number of allylic oxidation sites excluding steroid dienone is 1. The summed E-state index contributed by atoms with van der Waals surface area (Å²) in [4.78, 5) is 0. The Labute approximate surface area is 157 Å². The summed E-state index contributed by atoms with van der Waals surface area (Å²) in [6, 6.07) is 16.2. The maximum Gasteiger partial charge on any atom is 0.134 e. The number of hydrogen-bond acceptors (Lipinski definition) is 2. The van der Waals surface area contributed by atoms with Crippen LogP contribution in [-0.2, 0) is 6.42 Å². The first-order valence-electron chi connectivity index (χ1n) is 8.19. The van der Waals surface area contributed by atoms with E-state index >= 15 is 0 Å². The summed E-state index contributed by atoms with van der Waals surface area (Å²) in [6.45, 7) is 4.82. The fourth-order valence-corrected chi connectivity index (χ4v) is 2.83. The first kappa shape index (κ1) is 18.6. The van der Waals surface area contributed by atoms with E-state index in [0.717, 1.165) is 21.3 Å². The van der Waals surface area contributed by atoms with Crippen LogP contribution < -0.4 is 4.74 Å². The molecule has 0 amide bonds. The van der Waals surface area contributed by atoms with Gasteiger partial charge in [0.05, 0.1) is 9.83 Å². The van der Waals surface area contributed by atoms with Crippen molar-refractivity contribution in [2.45, 2.75) is 26.7 Å². The number of fused-ring (bicyclic) bond motifs is 1. The second-order valence-electron chi connectivity index (χ2n) is 5.32. The van der Waals surface area contributed by atoms with Gasteiger partial charge in [-0.05, 0) is 59.7 Å². The van der Waals surface area contributed by atoms with E-state index in [2.05, 4.69) is 41.6 Å². The van der Waals surface area contributed by atoms with Crippen molar-refractivity contribution in [1.29, 1.82) is 0 Å². The van der Waals surface area contributed by atoms with Gasteiger partial charge in [0.1, 0.15) is 17.9 Å². The van der Waals surface area contributed by atoms with Gasteiger partial charge in [0, 0.05) is 5.39 Å². The van der Waals surface area contributed by atoms with Gasteiger partial charge >= 0.3 is 0 Å². The van der Waals surface area contributed by atoms with E-state index in [1.54, 1.807) is 0 Å². The van der Waals surface area contributed by atoms with Crippen molar-refractivity contribution in [3.63, 3.8) is 0 Å². The Balaban J connectivity index is 0.000000174. The highest BCUT2D eigenvalue weighted by Crippen LogP contribution is 2.21. The molecular weight excluding hydrogens is 411 g/mol. The minimum Gasteiger partial charge on any atom is -0.488 e. The van der Waals surface area contributed by atoms with Crippen LogP contribution in [0.25, 0.3) is 11.0 Å². The van der Waals surface area contributed by atoms with Crippen molar-refractivity contribution in [2.75, 3.05) is 6.61 Å². The summed E-state index contributed by atoms with van der Waals surface area (Å²) in [5, 5.41) is 1.26. The van der Waals surface area contributed by atoms with Crippen molar-refractivity contribution in [1.82, 2.24) is 0 Å². The lowest BCUT2D eigenvalue weighted by Gasteiger charge is -2.04. The summed E-state index contributed by atoms with van der Waals surface area (Å²) in [5.74, 6) is 0.955. The predicted octanol–water partition coefficient (Wildman–Crippen LogP) is 6.63. The lowest BCUT2D eigenvalue weighted by Crippen LogP contribution is -1.94. The van der Waals surface area contributed by atoms with Gasteiger partial charge in [-0.2, -0.15) is 0 Å². The Hall–Kier alpha value is -1.75. The number of aryl methyl sites for hydroxylation is 1. The van der Waals surface area contributed by atoms with Crippen LogP contribution in [0.15, 0.2) is 71.4 Å². The van der Waals surface area contributed by atoms with E-state index < -0.39 is 0 Å². The zero-order valence-electron chi connectivity index (χ0n) is 14.2. The average Bonchev–Trinajstić information content (AvgIpc) is 3.01. The van der Waals surface area contributed by atoms with Crippen LogP contribution in [0.1, 0.15) is 25.8 Å². The molecule has 0 spiro atoms. The zero-order chi connectivity index (χ0) is 17.2. The molecule has 0 aliphatic heterocycles. The van der Waals surface area contributed by atoms with Crippen molar-refractivity contribution in [2.24, 2.45) is 0 Å². The molecule has 0 aliphatic carbocycles. The Kier molecular flexibility index (Phi) is 7.89. The van der Waals surface area contributed by atoms with Gasteiger partial charge in [-0.15, -0.1) is 0 Å². The molecule has 0 radical (unpaired) electrons. The minimum absolute atomic E-state index is 0.649. The standard InChI is InChI=1S/C11H12O.C10H11IO/c1-2-5-9-8-12-11-7-4-3-6-10(9)11;1-2-3-8-12-10-7-5-4-6-9(10)11/h3-4,6-8H,2,5H2,1H3;2-7H,8H2,1H3. The molecule has 0 atom stereocenters. The molecule has 1 heterocycles. The molecule has 0 aliphatic rings. The van der Waals surface area contributed by atoms with Crippen LogP contribution >= 0.6 is 22.6 Å². The highest BCUT2D eigenvalue weighted by Gasteiger charge is 2.02. The summed E-state index contributed by atoms with van der Waals surface area (Å²) < 4.78 is 12.0. The van der Waals surface area contributed by atoms with Crippen LogP contribution in [0.3, 0.4) is 0 Å². The number of benzene rings is 2. The smallest absolute Gasteiger partial charge is 0.134 e. The Bertz CT molecular complexity index is 774. The first-order valence-corrected chi connectivity index (χ1v) is 9.27. The maximum atomic E-state index is 5.48. The normalized spacial score (nSPS) is 10.6. The molecule has 0 bridgehead atoms. The molecule has 0 unspecified atom stereocenters. The average molecular weight is 434 g/mol. The van der Waals surface area contributed by atoms with E-state index in [9.17, 15) is 0 Å². The van der Waals surface area contributed by atoms with Gasteiger partial charge in [-0.1, -0.05) is 55.8 Å². The maximum absolute atomic E-state index is 5.48. The molecule has 0 saturated carbocycles. The fourth-order valence-electron chi connectivity index (χ4n) is 2.29. The Morgan fingerprint density at radius 3 is 2.58 bits per heavy atom. The molecule has 3 rings (SSSR count). The van der Waals surface area contributed by atoms with E-state index in [-0.39, 0.29) is 0 Å². The third-order valence-corrected chi connectivity index (χ3v) is 4.38. The largest absolute Gasteiger partial charge is 0.488 e. The van der Waals surface area contributed by atoms with Crippen molar-refractivity contribution >= 4 is 33.6 Å². The lowest BCUT2D eigenvalue weighted by atomic mass is 10.1. The molecule has 2 aromatic carbocycles. The second kappa shape index (κ2) is 10.2. The van der Waals surface area contributed by atoms with Gasteiger partial charge in [0.25, 0.3) is 0 Å². The van der Waals surface area contributed by atoms with Gasteiger partial charge in [0.2, 0.25) is 0 Å². The number of halogens is 1. The minimum atomic E-state index is 0.649. The van der Waals surface area contributed by atoms with Crippen LogP contribution in [0.2, 0.25) is 0 Å². The number of hydrogen-bond donors (Lipinski definition) is 0. The molecule has 0 fully saturated rings. The lowest BCUT2D eigenvalue weighted by molar-refractivity contribution is 0.360. The molecule has 0 saturated heterocycles. The fraction of sp³-hybridized carbons (Fsp3) is 0.238. The number of ether oxygens (including phenoxy) is 1. The van der Waals surface area contributed by atoms with Crippen LogP contribution in [0.4, 0.5) is 0 Å². The quantitative estimate of drug-likeness (QED) is 0.332. The summed E-state index contributed by atoms with van der Waals surface area (Å²) in [5.41, 5.74) is 2.33. The highest BCUT2D eigenvalue weighted by molar-refractivity contribution is 14.1. The van der Waals surface area contributed by atoms with E-state index in [4.69, 9.17) is 9.15 Å². The summed E-state index contributed by atoms with van der Waals surface area (Å²) >= 11 is 2.26. The summed E-state index contributed by atoms with van der Waals surface area (Å²) in [7, 11) is 0. The Morgan fingerprint density at radius 2 is 1.83 bits per heavy atom. The zero-order valence-corrected chi connectivity index (χ0v) is 16.3. The molecule has 1 aromatic heterocycles.